The average molecular weight is 386 g/mol. The molecular weight excluding hydrogens is 378 g/mol. The van der Waals surface area contributed by atoms with Crippen LogP contribution in [-0.4, -0.2) is 0 Å². The van der Waals surface area contributed by atoms with E-state index in [0.29, 0.717) is 10.8 Å². The molecule has 0 radical (unpaired) electrons. The van der Waals surface area contributed by atoms with Crippen molar-refractivity contribution in [2.45, 2.75) is 12.4 Å². The number of halogens is 6. The molecule has 0 nitrogen and oxygen atoms in total. The van der Waals surface area contributed by atoms with Crippen molar-refractivity contribution in [1.29, 1.82) is 0 Å². The fourth-order valence-corrected chi connectivity index (χ4v) is 4.84. The van der Waals surface area contributed by atoms with Crippen LogP contribution >= 0.6 is 0 Å². The van der Waals surface area contributed by atoms with Gasteiger partial charge in [-0.2, -0.15) is 26.3 Å². The van der Waals surface area contributed by atoms with Gasteiger partial charge in [0.05, 0.1) is 11.1 Å². The molecule has 0 aliphatic rings. The molecule has 0 aliphatic carbocycles. The molecule has 0 saturated carbocycles. The van der Waals surface area contributed by atoms with E-state index in [2.05, 4.69) is 0 Å². The largest absolute Gasteiger partial charge is 0.417 e. The molecule has 0 amide bonds. The Hall–Kier alpha value is -3.02. The third-order valence-corrected chi connectivity index (χ3v) is 5.75. The molecule has 0 saturated heterocycles. The quantitative estimate of drug-likeness (QED) is 0.185. The maximum Gasteiger partial charge on any atom is 0.417 e. The van der Waals surface area contributed by atoms with Gasteiger partial charge in [-0.05, 0) is 53.9 Å². The van der Waals surface area contributed by atoms with Gasteiger partial charge in [0, 0.05) is 0 Å². The molecule has 0 bridgehead atoms. The standard InChI is InChI=1S/C22H8F6/c23-21(24,25)19-12-7-5-10-3-1-9-2-4-11-6-8-13(20(19)22(26,27)28)18-16(11)14(9)15(10)17(12)18/h1-8H. The van der Waals surface area contributed by atoms with Gasteiger partial charge in [0.25, 0.3) is 0 Å². The predicted molar refractivity (Wildman–Crippen MR) is 97.5 cm³/mol. The summed E-state index contributed by atoms with van der Waals surface area (Å²) < 4.78 is 83.5. The molecule has 6 rings (SSSR count). The van der Waals surface area contributed by atoms with Gasteiger partial charge in [-0.3, -0.25) is 0 Å². The highest BCUT2D eigenvalue weighted by molar-refractivity contribution is 6.44. The Kier molecular flexibility index (Phi) is 2.58. The van der Waals surface area contributed by atoms with Crippen LogP contribution in [0.4, 0.5) is 26.3 Å². The normalized spacial score (nSPS) is 14.1. The van der Waals surface area contributed by atoms with Crippen molar-refractivity contribution in [2.75, 3.05) is 0 Å². The summed E-state index contributed by atoms with van der Waals surface area (Å²) in [7, 11) is 0. The highest BCUT2D eigenvalue weighted by atomic mass is 19.4. The number of benzene rings is 5. The zero-order valence-corrected chi connectivity index (χ0v) is 13.9. The second-order valence-corrected chi connectivity index (χ2v) is 7.15. The van der Waals surface area contributed by atoms with Gasteiger partial charge < -0.3 is 0 Å². The van der Waals surface area contributed by atoms with Crippen LogP contribution in [-0.2, 0) is 12.4 Å². The van der Waals surface area contributed by atoms with Crippen molar-refractivity contribution in [3.8, 4) is 0 Å². The summed E-state index contributed by atoms with van der Waals surface area (Å²) in [5, 5.41) is 3.93. The highest BCUT2D eigenvalue weighted by Gasteiger charge is 2.46. The summed E-state index contributed by atoms with van der Waals surface area (Å²) in [5.41, 5.74) is -3.21. The average Bonchev–Trinajstić information content (AvgIpc) is 2.99. The number of hydrogen-bond donors (Lipinski definition) is 0. The first-order valence-corrected chi connectivity index (χ1v) is 8.53. The van der Waals surface area contributed by atoms with E-state index in [1.807, 2.05) is 12.1 Å². The predicted octanol–water partition coefficient (Wildman–Crippen LogP) is 7.80. The lowest BCUT2D eigenvalue weighted by Gasteiger charge is -2.21. The minimum atomic E-state index is -5.13. The second-order valence-electron chi connectivity index (χ2n) is 7.15. The minimum Gasteiger partial charge on any atom is -0.166 e. The van der Waals surface area contributed by atoms with E-state index in [0.717, 1.165) is 21.5 Å². The topological polar surface area (TPSA) is 0 Å². The van der Waals surface area contributed by atoms with Gasteiger partial charge in [-0.25, -0.2) is 0 Å². The van der Waals surface area contributed by atoms with E-state index in [1.54, 1.807) is 12.1 Å². The van der Waals surface area contributed by atoms with Gasteiger partial charge in [-0.1, -0.05) is 48.5 Å². The highest BCUT2D eigenvalue weighted by Crippen LogP contribution is 2.54. The molecule has 0 N–H and O–H groups in total. The van der Waals surface area contributed by atoms with Crippen LogP contribution in [0.25, 0.3) is 53.9 Å². The van der Waals surface area contributed by atoms with Crippen LogP contribution in [0.15, 0.2) is 48.5 Å². The third kappa shape index (κ3) is 1.69. The Morgan fingerprint density at radius 2 is 0.679 bits per heavy atom. The summed E-state index contributed by atoms with van der Waals surface area (Å²) in [5.74, 6) is 0. The Balaban J connectivity index is 2.09. The zero-order chi connectivity index (χ0) is 19.6. The zero-order valence-electron chi connectivity index (χ0n) is 13.9. The molecule has 0 unspecified atom stereocenters. The van der Waals surface area contributed by atoms with Gasteiger partial charge >= 0.3 is 12.4 Å². The molecular formula is C22H8F6. The summed E-state index contributed by atoms with van der Waals surface area (Å²) >= 11 is 0. The van der Waals surface area contributed by atoms with Crippen LogP contribution in [0.3, 0.4) is 0 Å². The first kappa shape index (κ1) is 16.0. The summed E-state index contributed by atoms with van der Waals surface area (Å²) in [6, 6.07) is 12.6. The lowest BCUT2D eigenvalue weighted by atomic mass is 9.90. The van der Waals surface area contributed by atoms with Crippen molar-refractivity contribution in [2.24, 2.45) is 0 Å². The smallest absolute Gasteiger partial charge is 0.166 e. The Bertz CT molecular complexity index is 1410. The number of rotatable bonds is 0. The molecule has 0 aromatic heterocycles. The van der Waals surface area contributed by atoms with Crippen LogP contribution in [0.2, 0.25) is 0 Å². The molecule has 6 aromatic carbocycles. The number of hydrogen-bond acceptors (Lipinski definition) is 0. The van der Waals surface area contributed by atoms with Crippen molar-refractivity contribution in [3.63, 3.8) is 0 Å². The van der Waals surface area contributed by atoms with E-state index < -0.39 is 34.3 Å². The molecule has 6 aromatic rings. The summed E-state index contributed by atoms with van der Waals surface area (Å²) in [6.45, 7) is 0. The van der Waals surface area contributed by atoms with Gasteiger partial charge in [0.1, 0.15) is 0 Å². The van der Waals surface area contributed by atoms with E-state index >= 15 is 0 Å². The van der Waals surface area contributed by atoms with Crippen molar-refractivity contribution in [1.82, 2.24) is 0 Å². The molecule has 138 valence electrons. The van der Waals surface area contributed by atoms with E-state index in [-0.39, 0.29) is 10.8 Å². The molecule has 0 aliphatic heterocycles. The first-order chi connectivity index (χ1) is 13.2. The van der Waals surface area contributed by atoms with Crippen molar-refractivity contribution in [3.05, 3.63) is 59.7 Å². The molecule has 6 heteroatoms. The maximum atomic E-state index is 13.9. The molecule has 0 spiro atoms. The Labute approximate surface area is 152 Å². The monoisotopic (exact) mass is 386 g/mol. The SMILES string of the molecule is FC(F)(F)c1c(C(F)(F)F)c2ccc3ccc4ccc5ccc1c1c5c4c3c21. The molecule has 0 heterocycles. The lowest BCUT2D eigenvalue weighted by molar-refractivity contribution is -0.160. The summed E-state index contributed by atoms with van der Waals surface area (Å²) in [6.07, 6.45) is -10.3. The van der Waals surface area contributed by atoms with Crippen LogP contribution in [0, 0.1) is 0 Å². The van der Waals surface area contributed by atoms with E-state index in [9.17, 15) is 26.3 Å². The summed E-state index contributed by atoms with van der Waals surface area (Å²) in [4.78, 5) is 0. The van der Waals surface area contributed by atoms with Crippen LogP contribution in [0.1, 0.15) is 11.1 Å². The van der Waals surface area contributed by atoms with Gasteiger partial charge in [0.15, 0.2) is 0 Å². The van der Waals surface area contributed by atoms with Gasteiger partial charge in [-0.15, -0.1) is 0 Å². The molecule has 0 fully saturated rings. The molecule has 28 heavy (non-hydrogen) atoms. The Morgan fingerprint density at radius 3 is 1.00 bits per heavy atom. The number of alkyl halides is 6. The molecule has 0 atom stereocenters. The third-order valence-electron chi connectivity index (χ3n) is 5.75. The van der Waals surface area contributed by atoms with Crippen molar-refractivity contribution < 1.29 is 26.3 Å². The maximum absolute atomic E-state index is 13.9. The van der Waals surface area contributed by atoms with Crippen LogP contribution in [0.5, 0.6) is 0 Å². The fraction of sp³-hybridized carbons (Fsp3) is 0.0909. The second kappa shape index (κ2) is 4.51. The minimum absolute atomic E-state index is 0.269. The Morgan fingerprint density at radius 1 is 0.393 bits per heavy atom. The van der Waals surface area contributed by atoms with E-state index in [1.165, 1.54) is 24.3 Å². The van der Waals surface area contributed by atoms with Gasteiger partial charge in [0.2, 0.25) is 0 Å². The van der Waals surface area contributed by atoms with Crippen molar-refractivity contribution >= 4 is 53.9 Å². The first-order valence-electron chi connectivity index (χ1n) is 8.53. The van der Waals surface area contributed by atoms with Crippen LogP contribution < -0.4 is 0 Å². The van der Waals surface area contributed by atoms with E-state index in [4.69, 9.17) is 0 Å². The lowest BCUT2D eigenvalue weighted by Crippen LogP contribution is -2.17. The fourth-order valence-electron chi connectivity index (χ4n) is 4.84.